The Bertz CT molecular complexity index is 1310. The Morgan fingerprint density at radius 3 is 2.58 bits per heavy atom. The fourth-order valence-corrected chi connectivity index (χ4v) is 4.32. The summed E-state index contributed by atoms with van der Waals surface area (Å²) in [5.41, 5.74) is 3.32. The molecule has 0 bridgehead atoms. The van der Waals surface area contributed by atoms with Crippen LogP contribution in [0.25, 0.3) is 21.1 Å². The molecule has 33 heavy (non-hydrogen) atoms. The molecule has 0 saturated carbocycles. The van der Waals surface area contributed by atoms with Crippen molar-refractivity contribution in [3.05, 3.63) is 88.3 Å². The van der Waals surface area contributed by atoms with Crippen LogP contribution >= 0.6 is 11.3 Å². The molecule has 0 aliphatic rings. The Morgan fingerprint density at radius 2 is 1.79 bits per heavy atom. The average molecular weight is 461 g/mol. The highest BCUT2D eigenvalue weighted by molar-refractivity contribution is 7.18. The summed E-state index contributed by atoms with van der Waals surface area (Å²) in [6.45, 7) is 4.29. The molecule has 1 amide bonds. The van der Waals surface area contributed by atoms with E-state index < -0.39 is 0 Å². The molecule has 0 aliphatic carbocycles. The molecule has 168 valence electrons. The molecule has 4 aromatic rings. The zero-order valence-corrected chi connectivity index (χ0v) is 19.3. The lowest BCUT2D eigenvalue weighted by atomic mass is 10.2. The standard InChI is InChI=1S/C25H24N4O3S/c1-17-8-6-7-11-21(17)32-16-22(30)26-14-15-29-23(31)13-12-20(28-29)24-18(2)27-25(33-24)19-9-4-3-5-10-19/h3-13H,14-16H2,1-2H3,(H,26,30). The quantitative estimate of drug-likeness (QED) is 0.432. The largest absolute Gasteiger partial charge is 0.484 e. The Labute approximate surface area is 195 Å². The number of ether oxygens (including phenoxy) is 1. The number of hydrogen-bond acceptors (Lipinski definition) is 6. The van der Waals surface area contributed by atoms with Gasteiger partial charge in [0.05, 0.1) is 17.1 Å². The Morgan fingerprint density at radius 1 is 1.03 bits per heavy atom. The smallest absolute Gasteiger partial charge is 0.266 e. The number of aromatic nitrogens is 3. The van der Waals surface area contributed by atoms with Crippen molar-refractivity contribution >= 4 is 17.2 Å². The number of benzene rings is 2. The van der Waals surface area contributed by atoms with Gasteiger partial charge >= 0.3 is 0 Å². The number of carbonyl (C=O) groups is 1. The summed E-state index contributed by atoms with van der Waals surface area (Å²) < 4.78 is 6.91. The number of thiazole rings is 1. The van der Waals surface area contributed by atoms with Gasteiger partial charge in [-0.1, -0.05) is 48.5 Å². The Balaban J connectivity index is 1.39. The van der Waals surface area contributed by atoms with E-state index in [1.807, 2.05) is 68.4 Å². The number of para-hydroxylation sites is 1. The normalized spacial score (nSPS) is 10.7. The predicted molar refractivity (Wildman–Crippen MR) is 129 cm³/mol. The maximum atomic E-state index is 12.3. The third-order valence-electron chi connectivity index (χ3n) is 5.01. The summed E-state index contributed by atoms with van der Waals surface area (Å²) in [5.74, 6) is 0.418. The minimum Gasteiger partial charge on any atom is -0.484 e. The van der Waals surface area contributed by atoms with Crippen molar-refractivity contribution in [3.8, 4) is 26.9 Å². The van der Waals surface area contributed by atoms with E-state index in [-0.39, 0.29) is 31.2 Å². The van der Waals surface area contributed by atoms with E-state index in [4.69, 9.17) is 4.74 Å². The molecule has 0 radical (unpaired) electrons. The van der Waals surface area contributed by atoms with Gasteiger partial charge in [0.15, 0.2) is 6.61 Å². The van der Waals surface area contributed by atoms with Crippen LogP contribution in [0, 0.1) is 13.8 Å². The molecule has 8 heteroatoms. The lowest BCUT2D eigenvalue weighted by molar-refractivity contribution is -0.123. The molecule has 2 aromatic carbocycles. The first-order valence-electron chi connectivity index (χ1n) is 10.6. The number of carbonyl (C=O) groups excluding carboxylic acids is 1. The van der Waals surface area contributed by atoms with Crippen molar-refractivity contribution in [1.29, 1.82) is 0 Å². The zero-order valence-electron chi connectivity index (χ0n) is 18.4. The molecule has 2 heterocycles. The SMILES string of the molecule is Cc1ccccc1OCC(=O)NCCn1nc(-c2sc(-c3ccccc3)nc2C)ccc1=O. The van der Waals surface area contributed by atoms with Crippen LogP contribution in [0.1, 0.15) is 11.3 Å². The summed E-state index contributed by atoms with van der Waals surface area (Å²) in [6.07, 6.45) is 0. The molecule has 0 unspecified atom stereocenters. The molecule has 7 nitrogen and oxygen atoms in total. The van der Waals surface area contributed by atoms with Crippen molar-refractivity contribution < 1.29 is 9.53 Å². The van der Waals surface area contributed by atoms with E-state index in [0.717, 1.165) is 26.7 Å². The zero-order chi connectivity index (χ0) is 23.2. The predicted octanol–water partition coefficient (Wildman–Crippen LogP) is 3.85. The number of amides is 1. The van der Waals surface area contributed by atoms with Gasteiger partial charge in [0.25, 0.3) is 11.5 Å². The van der Waals surface area contributed by atoms with Crippen LogP contribution in [0.3, 0.4) is 0 Å². The molecule has 1 N–H and O–H groups in total. The first-order chi connectivity index (χ1) is 16.0. The van der Waals surface area contributed by atoms with Gasteiger partial charge in [-0.2, -0.15) is 5.10 Å². The van der Waals surface area contributed by atoms with Crippen LogP contribution in [0.4, 0.5) is 0 Å². The first-order valence-corrected chi connectivity index (χ1v) is 11.4. The molecule has 0 aliphatic heterocycles. The third-order valence-corrected chi connectivity index (χ3v) is 6.24. The highest BCUT2D eigenvalue weighted by Gasteiger charge is 2.14. The van der Waals surface area contributed by atoms with Gasteiger partial charge < -0.3 is 10.1 Å². The van der Waals surface area contributed by atoms with Gasteiger partial charge in [-0.15, -0.1) is 11.3 Å². The van der Waals surface area contributed by atoms with Crippen LogP contribution in [0.5, 0.6) is 5.75 Å². The molecule has 2 aromatic heterocycles. The molecular formula is C25H24N4O3S. The third kappa shape index (κ3) is 5.53. The highest BCUT2D eigenvalue weighted by atomic mass is 32.1. The van der Waals surface area contributed by atoms with E-state index >= 15 is 0 Å². The highest BCUT2D eigenvalue weighted by Crippen LogP contribution is 2.33. The van der Waals surface area contributed by atoms with Crippen molar-refractivity contribution in [2.24, 2.45) is 0 Å². The Hall–Kier alpha value is -3.78. The van der Waals surface area contributed by atoms with Crippen LogP contribution < -0.4 is 15.6 Å². The molecule has 0 atom stereocenters. The fraction of sp³-hybridized carbons (Fsp3) is 0.200. The first kappa shape index (κ1) is 22.4. The van der Waals surface area contributed by atoms with Gasteiger partial charge in [-0.05, 0) is 31.5 Å². The Kier molecular flexibility index (Phi) is 6.95. The maximum Gasteiger partial charge on any atom is 0.266 e. The summed E-state index contributed by atoms with van der Waals surface area (Å²) in [5, 5.41) is 8.18. The molecule has 4 rings (SSSR count). The minimum atomic E-state index is -0.256. The number of aryl methyl sites for hydroxylation is 2. The van der Waals surface area contributed by atoms with Crippen molar-refractivity contribution in [3.63, 3.8) is 0 Å². The summed E-state index contributed by atoms with van der Waals surface area (Å²) in [6, 6.07) is 20.7. The van der Waals surface area contributed by atoms with Crippen molar-refractivity contribution in [1.82, 2.24) is 20.1 Å². The van der Waals surface area contributed by atoms with Crippen LogP contribution in [0.2, 0.25) is 0 Å². The monoisotopic (exact) mass is 460 g/mol. The summed E-state index contributed by atoms with van der Waals surface area (Å²) in [7, 11) is 0. The van der Waals surface area contributed by atoms with Crippen LogP contribution in [-0.4, -0.2) is 33.8 Å². The van der Waals surface area contributed by atoms with Crippen LogP contribution in [-0.2, 0) is 11.3 Å². The van der Waals surface area contributed by atoms with E-state index in [2.05, 4.69) is 15.4 Å². The van der Waals surface area contributed by atoms with Gasteiger partial charge in [-0.3, -0.25) is 9.59 Å². The van der Waals surface area contributed by atoms with Gasteiger partial charge in [0, 0.05) is 18.2 Å². The average Bonchev–Trinajstić information content (AvgIpc) is 3.22. The summed E-state index contributed by atoms with van der Waals surface area (Å²) in [4.78, 5) is 30.0. The molecule has 0 saturated heterocycles. The van der Waals surface area contributed by atoms with Gasteiger partial charge in [0.2, 0.25) is 0 Å². The second kappa shape index (κ2) is 10.2. The van der Waals surface area contributed by atoms with Crippen LogP contribution in [0.15, 0.2) is 71.5 Å². The second-order valence-electron chi connectivity index (χ2n) is 7.48. The van der Waals surface area contributed by atoms with E-state index in [1.165, 1.54) is 22.1 Å². The molecular weight excluding hydrogens is 436 g/mol. The van der Waals surface area contributed by atoms with E-state index in [1.54, 1.807) is 6.07 Å². The number of hydrogen-bond donors (Lipinski definition) is 1. The lowest BCUT2D eigenvalue weighted by Gasteiger charge is -2.10. The minimum absolute atomic E-state index is 0.0878. The van der Waals surface area contributed by atoms with Crippen molar-refractivity contribution in [2.45, 2.75) is 20.4 Å². The molecule has 0 spiro atoms. The van der Waals surface area contributed by atoms with Gasteiger partial charge in [0.1, 0.15) is 16.5 Å². The fourth-order valence-electron chi connectivity index (χ4n) is 3.28. The van der Waals surface area contributed by atoms with Gasteiger partial charge in [-0.25, -0.2) is 9.67 Å². The molecule has 0 fully saturated rings. The van der Waals surface area contributed by atoms with E-state index in [0.29, 0.717) is 11.4 Å². The summed E-state index contributed by atoms with van der Waals surface area (Å²) >= 11 is 1.54. The van der Waals surface area contributed by atoms with E-state index in [9.17, 15) is 9.59 Å². The lowest BCUT2D eigenvalue weighted by Crippen LogP contribution is -2.34. The number of rotatable bonds is 8. The second-order valence-corrected chi connectivity index (χ2v) is 8.48. The van der Waals surface area contributed by atoms with Crippen molar-refractivity contribution in [2.75, 3.05) is 13.2 Å². The number of nitrogens with zero attached hydrogens (tertiary/aromatic N) is 3. The number of nitrogens with one attached hydrogen (secondary N) is 1. The maximum absolute atomic E-state index is 12.3. The topological polar surface area (TPSA) is 86.1 Å².